The number of benzene rings is 1. The summed E-state index contributed by atoms with van der Waals surface area (Å²) >= 11 is 1.09. The summed E-state index contributed by atoms with van der Waals surface area (Å²) in [6.45, 7) is 0. The van der Waals surface area contributed by atoms with Crippen molar-refractivity contribution in [1.82, 2.24) is 4.98 Å². The van der Waals surface area contributed by atoms with Crippen molar-refractivity contribution >= 4 is 27.6 Å². The number of para-hydroxylation sites is 1. The van der Waals surface area contributed by atoms with E-state index in [2.05, 4.69) is 4.98 Å². The number of hydrogen-bond donors (Lipinski definition) is 1. The SMILES string of the molecule is O/C(=C\c1nc2ccccc2s1)C(F)(F)F. The molecule has 0 radical (unpaired) electrons. The monoisotopic (exact) mass is 245 g/mol. The normalized spacial score (nSPS) is 13.3. The average Bonchev–Trinajstić information content (AvgIpc) is 2.58. The van der Waals surface area contributed by atoms with Crippen LogP contribution in [0.3, 0.4) is 0 Å². The fraction of sp³-hybridized carbons (Fsp3) is 0.100. The molecule has 0 aliphatic rings. The van der Waals surface area contributed by atoms with E-state index in [9.17, 15) is 13.2 Å². The van der Waals surface area contributed by atoms with E-state index in [4.69, 9.17) is 5.11 Å². The molecule has 1 heterocycles. The lowest BCUT2D eigenvalue weighted by atomic mass is 10.3. The van der Waals surface area contributed by atoms with Crippen LogP contribution in [0.15, 0.2) is 30.0 Å². The van der Waals surface area contributed by atoms with Gasteiger partial charge in [0.25, 0.3) is 0 Å². The number of aromatic nitrogens is 1. The zero-order chi connectivity index (χ0) is 11.8. The fourth-order valence-electron chi connectivity index (χ4n) is 1.15. The Kier molecular flexibility index (Phi) is 2.59. The summed E-state index contributed by atoms with van der Waals surface area (Å²) in [4.78, 5) is 3.95. The number of rotatable bonds is 1. The molecule has 2 rings (SSSR count). The van der Waals surface area contributed by atoms with Crippen LogP contribution in [-0.4, -0.2) is 16.3 Å². The molecule has 0 saturated heterocycles. The summed E-state index contributed by atoms with van der Waals surface area (Å²) in [6, 6.07) is 6.99. The number of allylic oxidation sites excluding steroid dienone is 1. The predicted molar refractivity (Wildman–Crippen MR) is 56.3 cm³/mol. The molecule has 1 aromatic carbocycles. The molecule has 0 atom stereocenters. The lowest BCUT2D eigenvalue weighted by Gasteiger charge is -2.02. The first-order chi connectivity index (χ1) is 7.47. The number of alkyl halides is 3. The molecule has 84 valence electrons. The second-order valence-electron chi connectivity index (χ2n) is 3.05. The number of nitrogens with zero attached hydrogens (tertiary/aromatic N) is 1. The summed E-state index contributed by atoms with van der Waals surface area (Å²) in [6.07, 6.45) is -4.09. The zero-order valence-electron chi connectivity index (χ0n) is 7.82. The third-order valence-corrected chi connectivity index (χ3v) is 2.84. The van der Waals surface area contributed by atoms with Crippen molar-refractivity contribution in [1.29, 1.82) is 0 Å². The summed E-state index contributed by atoms with van der Waals surface area (Å²) in [5.41, 5.74) is 0.619. The fourth-order valence-corrected chi connectivity index (χ4v) is 2.06. The molecule has 0 saturated carbocycles. The largest absolute Gasteiger partial charge is 0.504 e. The highest BCUT2D eigenvalue weighted by Crippen LogP contribution is 2.28. The highest BCUT2D eigenvalue weighted by Gasteiger charge is 2.33. The lowest BCUT2D eigenvalue weighted by molar-refractivity contribution is -0.119. The molecule has 0 spiro atoms. The van der Waals surface area contributed by atoms with E-state index < -0.39 is 11.9 Å². The van der Waals surface area contributed by atoms with E-state index >= 15 is 0 Å². The Bertz CT molecular complexity index is 511. The Balaban J connectivity index is 2.42. The standard InChI is InChI=1S/C10H6F3NOS/c11-10(12,13)8(15)5-9-14-6-3-1-2-4-7(6)16-9/h1-5,15H/b8-5-. The van der Waals surface area contributed by atoms with Gasteiger partial charge in [0.05, 0.1) is 10.2 Å². The molecule has 0 amide bonds. The van der Waals surface area contributed by atoms with Crippen LogP contribution in [0, 0.1) is 0 Å². The van der Waals surface area contributed by atoms with E-state index in [1.165, 1.54) is 0 Å². The molecule has 0 unspecified atom stereocenters. The molecule has 16 heavy (non-hydrogen) atoms. The highest BCUT2D eigenvalue weighted by atomic mass is 32.1. The predicted octanol–water partition coefficient (Wildman–Crippen LogP) is 3.76. The Labute approximate surface area is 92.7 Å². The molecule has 1 N–H and O–H groups in total. The van der Waals surface area contributed by atoms with Crippen molar-refractivity contribution in [2.24, 2.45) is 0 Å². The van der Waals surface area contributed by atoms with Gasteiger partial charge in [0.1, 0.15) is 5.01 Å². The average molecular weight is 245 g/mol. The van der Waals surface area contributed by atoms with Crippen molar-refractivity contribution < 1.29 is 18.3 Å². The van der Waals surface area contributed by atoms with Gasteiger partial charge in [-0.15, -0.1) is 11.3 Å². The van der Waals surface area contributed by atoms with E-state index in [1.54, 1.807) is 24.3 Å². The van der Waals surface area contributed by atoms with Gasteiger partial charge in [-0.2, -0.15) is 13.2 Å². The van der Waals surface area contributed by atoms with Crippen LogP contribution in [-0.2, 0) is 0 Å². The van der Waals surface area contributed by atoms with E-state index in [0.29, 0.717) is 11.6 Å². The Morgan fingerprint density at radius 1 is 1.31 bits per heavy atom. The number of aliphatic hydroxyl groups excluding tert-OH is 1. The molecular formula is C10H6F3NOS. The molecular weight excluding hydrogens is 239 g/mol. The summed E-state index contributed by atoms with van der Waals surface area (Å²) in [7, 11) is 0. The van der Waals surface area contributed by atoms with Gasteiger partial charge >= 0.3 is 6.18 Å². The van der Waals surface area contributed by atoms with Crippen LogP contribution in [0.1, 0.15) is 5.01 Å². The maximum atomic E-state index is 12.0. The van der Waals surface area contributed by atoms with Crippen molar-refractivity contribution in [3.05, 3.63) is 35.0 Å². The van der Waals surface area contributed by atoms with Gasteiger partial charge in [-0.3, -0.25) is 0 Å². The molecule has 6 heteroatoms. The first-order valence-electron chi connectivity index (χ1n) is 4.30. The zero-order valence-corrected chi connectivity index (χ0v) is 8.64. The first-order valence-corrected chi connectivity index (χ1v) is 5.12. The van der Waals surface area contributed by atoms with Gasteiger partial charge in [0.15, 0.2) is 0 Å². The van der Waals surface area contributed by atoms with Crippen molar-refractivity contribution in [3.8, 4) is 0 Å². The van der Waals surface area contributed by atoms with Gasteiger partial charge in [-0.1, -0.05) is 12.1 Å². The summed E-state index contributed by atoms with van der Waals surface area (Å²) in [5.74, 6) is -1.63. The van der Waals surface area contributed by atoms with Crippen molar-refractivity contribution in [3.63, 3.8) is 0 Å². The molecule has 0 fully saturated rings. The maximum absolute atomic E-state index is 12.0. The van der Waals surface area contributed by atoms with Crippen LogP contribution < -0.4 is 0 Å². The number of thiazole rings is 1. The van der Waals surface area contributed by atoms with Gasteiger partial charge in [0, 0.05) is 6.08 Å². The third kappa shape index (κ3) is 2.16. The highest BCUT2D eigenvalue weighted by molar-refractivity contribution is 7.19. The van der Waals surface area contributed by atoms with E-state index in [0.717, 1.165) is 16.0 Å². The van der Waals surface area contributed by atoms with Crippen LogP contribution in [0.4, 0.5) is 13.2 Å². The quantitative estimate of drug-likeness (QED) is 0.776. The first kappa shape index (κ1) is 10.9. The Hall–Kier alpha value is -1.56. The van der Waals surface area contributed by atoms with Crippen LogP contribution in [0.5, 0.6) is 0 Å². The minimum absolute atomic E-state index is 0.135. The number of halogens is 3. The Morgan fingerprint density at radius 3 is 2.62 bits per heavy atom. The molecule has 0 aliphatic carbocycles. The topological polar surface area (TPSA) is 33.1 Å². The number of fused-ring (bicyclic) bond motifs is 1. The second-order valence-corrected chi connectivity index (χ2v) is 4.11. The molecule has 1 aromatic heterocycles. The maximum Gasteiger partial charge on any atom is 0.448 e. The van der Waals surface area contributed by atoms with Crippen LogP contribution in [0.25, 0.3) is 16.3 Å². The van der Waals surface area contributed by atoms with Gasteiger partial charge < -0.3 is 5.11 Å². The molecule has 2 aromatic rings. The Morgan fingerprint density at radius 2 is 2.00 bits per heavy atom. The summed E-state index contributed by atoms with van der Waals surface area (Å²) in [5, 5.41) is 8.90. The number of hydrogen-bond acceptors (Lipinski definition) is 3. The van der Waals surface area contributed by atoms with Gasteiger partial charge in [-0.25, -0.2) is 4.98 Å². The molecule has 2 nitrogen and oxygen atoms in total. The second kappa shape index (κ2) is 3.79. The third-order valence-electron chi connectivity index (χ3n) is 1.86. The smallest absolute Gasteiger partial charge is 0.448 e. The minimum atomic E-state index is -4.72. The number of aliphatic hydroxyl groups is 1. The molecule has 0 bridgehead atoms. The minimum Gasteiger partial charge on any atom is -0.504 e. The van der Waals surface area contributed by atoms with E-state index in [1.807, 2.05) is 0 Å². The summed E-state index contributed by atoms with van der Waals surface area (Å²) < 4.78 is 36.9. The van der Waals surface area contributed by atoms with Crippen LogP contribution >= 0.6 is 11.3 Å². The van der Waals surface area contributed by atoms with E-state index in [-0.39, 0.29) is 5.01 Å². The van der Waals surface area contributed by atoms with Crippen molar-refractivity contribution in [2.75, 3.05) is 0 Å². The van der Waals surface area contributed by atoms with Crippen molar-refractivity contribution in [2.45, 2.75) is 6.18 Å². The van der Waals surface area contributed by atoms with Gasteiger partial charge in [-0.05, 0) is 12.1 Å². The molecule has 0 aliphatic heterocycles. The lowest BCUT2D eigenvalue weighted by Crippen LogP contribution is -2.10. The van der Waals surface area contributed by atoms with Crippen LogP contribution in [0.2, 0.25) is 0 Å². The van der Waals surface area contributed by atoms with Gasteiger partial charge in [0.2, 0.25) is 5.76 Å².